The monoisotopic (exact) mass is 408 g/mol. The summed E-state index contributed by atoms with van der Waals surface area (Å²) in [6, 6.07) is 8.85. The van der Waals surface area contributed by atoms with Gasteiger partial charge in [-0.25, -0.2) is 4.79 Å². The zero-order valence-electron chi connectivity index (χ0n) is 14.7. The zero-order valence-corrected chi connectivity index (χ0v) is 15.5. The summed E-state index contributed by atoms with van der Waals surface area (Å²) in [5, 5.41) is 3.50. The van der Waals surface area contributed by atoms with Crippen molar-refractivity contribution in [2.24, 2.45) is 11.7 Å². The molecule has 1 fully saturated rings. The van der Waals surface area contributed by atoms with Gasteiger partial charge in [-0.15, -0.1) is 12.4 Å². The second kappa shape index (κ2) is 10.5. The average molecular weight is 409 g/mol. The van der Waals surface area contributed by atoms with E-state index < -0.39 is 24.7 Å². The van der Waals surface area contributed by atoms with Crippen LogP contribution in [0, 0.1) is 5.92 Å². The van der Waals surface area contributed by atoms with Crippen molar-refractivity contribution < 1.29 is 22.8 Å². The number of carbonyl (C=O) groups excluding carboxylic acids is 2. The first kappa shape index (κ1) is 23.2. The van der Waals surface area contributed by atoms with Crippen LogP contribution in [-0.2, 0) is 4.79 Å². The molecular weight excluding hydrogens is 385 g/mol. The first-order valence-corrected chi connectivity index (χ1v) is 8.40. The van der Waals surface area contributed by atoms with Crippen molar-refractivity contribution >= 4 is 24.3 Å². The van der Waals surface area contributed by atoms with Gasteiger partial charge in [0.05, 0.1) is 0 Å². The lowest BCUT2D eigenvalue weighted by Gasteiger charge is -2.16. The molecule has 0 spiro atoms. The standard InChI is InChI=1S/C17H23F3N4O2.ClH/c18-17(19,20)11-22-16(26)23-15(25)6-7-24-9-13(8-21)14(10-24)12-4-2-1-3-5-12;/h1-5,13-14H,6-11,21H2,(H2,22,23,25,26);1H/t13-,14+;/m1./s1. The highest BCUT2D eigenvalue weighted by atomic mass is 35.5. The number of urea groups is 1. The second-order valence-corrected chi connectivity index (χ2v) is 6.37. The number of rotatable bonds is 6. The number of imide groups is 1. The number of hydrogen-bond donors (Lipinski definition) is 3. The maximum absolute atomic E-state index is 12.0. The molecule has 2 rings (SSSR count). The van der Waals surface area contributed by atoms with E-state index in [2.05, 4.69) is 17.0 Å². The first-order chi connectivity index (χ1) is 12.3. The summed E-state index contributed by atoms with van der Waals surface area (Å²) in [4.78, 5) is 25.1. The van der Waals surface area contributed by atoms with E-state index >= 15 is 0 Å². The fourth-order valence-corrected chi connectivity index (χ4v) is 3.13. The van der Waals surface area contributed by atoms with Crippen molar-refractivity contribution in [3.63, 3.8) is 0 Å². The van der Waals surface area contributed by atoms with Crippen molar-refractivity contribution in [1.82, 2.24) is 15.5 Å². The number of nitrogens with one attached hydrogen (secondary N) is 2. The predicted octanol–water partition coefficient (Wildman–Crippen LogP) is 1.86. The largest absolute Gasteiger partial charge is 0.405 e. The summed E-state index contributed by atoms with van der Waals surface area (Å²) < 4.78 is 36.0. The maximum Gasteiger partial charge on any atom is 0.405 e. The maximum atomic E-state index is 12.0. The molecule has 6 nitrogen and oxygen atoms in total. The average Bonchev–Trinajstić information content (AvgIpc) is 3.02. The van der Waals surface area contributed by atoms with E-state index in [1.54, 1.807) is 5.32 Å². The van der Waals surface area contributed by atoms with Crippen LogP contribution in [-0.4, -0.2) is 55.7 Å². The molecule has 2 atom stereocenters. The number of nitrogens with two attached hydrogens (primary N) is 1. The van der Waals surface area contributed by atoms with E-state index in [0.717, 1.165) is 13.1 Å². The minimum atomic E-state index is -4.51. The van der Waals surface area contributed by atoms with Gasteiger partial charge in [0, 0.05) is 32.0 Å². The van der Waals surface area contributed by atoms with Crippen LogP contribution in [0.25, 0.3) is 0 Å². The van der Waals surface area contributed by atoms with Gasteiger partial charge >= 0.3 is 12.2 Å². The van der Waals surface area contributed by atoms with Crippen LogP contribution >= 0.6 is 12.4 Å². The third-order valence-electron chi connectivity index (χ3n) is 4.40. The minimum absolute atomic E-state index is 0. The number of likely N-dealkylation sites (tertiary alicyclic amines) is 1. The third kappa shape index (κ3) is 7.74. The molecule has 0 bridgehead atoms. The van der Waals surface area contributed by atoms with Gasteiger partial charge in [0.2, 0.25) is 5.91 Å². The minimum Gasteiger partial charge on any atom is -0.330 e. The molecule has 1 aliphatic heterocycles. The highest BCUT2D eigenvalue weighted by Crippen LogP contribution is 2.31. The van der Waals surface area contributed by atoms with Crippen LogP contribution in [0.5, 0.6) is 0 Å². The fraction of sp³-hybridized carbons (Fsp3) is 0.529. The van der Waals surface area contributed by atoms with Gasteiger partial charge in [-0.05, 0) is 18.0 Å². The third-order valence-corrected chi connectivity index (χ3v) is 4.40. The molecule has 4 N–H and O–H groups in total. The molecule has 3 amide bonds. The summed E-state index contributed by atoms with van der Waals surface area (Å²) in [7, 11) is 0. The molecule has 0 aliphatic carbocycles. The number of carbonyl (C=O) groups is 2. The van der Waals surface area contributed by atoms with Crippen molar-refractivity contribution in [2.75, 3.05) is 32.7 Å². The summed E-state index contributed by atoms with van der Waals surface area (Å²) in [5.74, 6) is -0.0629. The molecule has 0 aromatic heterocycles. The molecule has 0 unspecified atom stereocenters. The summed E-state index contributed by atoms with van der Waals surface area (Å²) >= 11 is 0. The Bertz CT molecular complexity index is 616. The first-order valence-electron chi connectivity index (χ1n) is 8.40. The van der Waals surface area contributed by atoms with E-state index in [1.165, 1.54) is 5.56 Å². The van der Waals surface area contributed by atoms with Crippen LogP contribution in [0.15, 0.2) is 30.3 Å². The van der Waals surface area contributed by atoms with E-state index in [0.29, 0.717) is 13.1 Å². The Kier molecular flexibility index (Phi) is 9.01. The molecule has 1 saturated heterocycles. The highest BCUT2D eigenvalue weighted by molar-refractivity contribution is 5.94. The molecule has 10 heteroatoms. The molecule has 0 saturated carbocycles. The second-order valence-electron chi connectivity index (χ2n) is 6.37. The van der Waals surface area contributed by atoms with Gasteiger partial charge in [-0.3, -0.25) is 10.1 Å². The van der Waals surface area contributed by atoms with Crippen molar-refractivity contribution in [2.45, 2.75) is 18.5 Å². The smallest absolute Gasteiger partial charge is 0.330 e. The van der Waals surface area contributed by atoms with Gasteiger partial charge in [-0.1, -0.05) is 30.3 Å². The molecule has 1 aromatic rings. The normalized spacial score (nSPS) is 20.0. The van der Waals surface area contributed by atoms with Crippen molar-refractivity contribution in [3.05, 3.63) is 35.9 Å². The van der Waals surface area contributed by atoms with Crippen LogP contribution in [0.4, 0.5) is 18.0 Å². The summed E-state index contributed by atoms with van der Waals surface area (Å²) in [5.41, 5.74) is 7.06. The number of alkyl halides is 3. The lowest BCUT2D eigenvalue weighted by atomic mass is 9.89. The van der Waals surface area contributed by atoms with E-state index in [9.17, 15) is 22.8 Å². The van der Waals surface area contributed by atoms with Gasteiger partial charge in [-0.2, -0.15) is 13.2 Å². The summed E-state index contributed by atoms with van der Waals surface area (Å²) in [6.45, 7) is 0.957. The molecule has 1 aliphatic rings. The molecule has 0 radical (unpaired) electrons. The number of hydrogen-bond acceptors (Lipinski definition) is 4. The van der Waals surface area contributed by atoms with Crippen molar-refractivity contribution in [3.8, 4) is 0 Å². The van der Waals surface area contributed by atoms with Crippen LogP contribution in [0.1, 0.15) is 17.9 Å². The molecule has 27 heavy (non-hydrogen) atoms. The van der Waals surface area contributed by atoms with E-state index in [-0.39, 0.29) is 30.7 Å². The number of benzene rings is 1. The van der Waals surface area contributed by atoms with Crippen molar-refractivity contribution in [1.29, 1.82) is 0 Å². The Morgan fingerprint density at radius 2 is 1.85 bits per heavy atom. The fourth-order valence-electron chi connectivity index (χ4n) is 3.13. The topological polar surface area (TPSA) is 87.5 Å². The van der Waals surface area contributed by atoms with Gasteiger partial charge in [0.25, 0.3) is 0 Å². The van der Waals surface area contributed by atoms with Crippen LogP contribution < -0.4 is 16.4 Å². The molecule has 1 heterocycles. The summed E-state index contributed by atoms with van der Waals surface area (Å²) in [6.07, 6.45) is -4.49. The van der Waals surface area contributed by atoms with Gasteiger partial charge < -0.3 is 16.0 Å². The Balaban J connectivity index is 0.00000364. The highest BCUT2D eigenvalue weighted by Gasteiger charge is 2.33. The Labute approximate surface area is 162 Å². The predicted molar refractivity (Wildman–Crippen MR) is 97.6 cm³/mol. The van der Waals surface area contributed by atoms with Crippen LogP contribution in [0.2, 0.25) is 0 Å². The van der Waals surface area contributed by atoms with E-state index in [4.69, 9.17) is 5.73 Å². The lowest BCUT2D eigenvalue weighted by molar-refractivity contribution is -0.124. The Morgan fingerprint density at radius 1 is 1.19 bits per heavy atom. The quantitative estimate of drug-likeness (QED) is 0.670. The lowest BCUT2D eigenvalue weighted by Crippen LogP contribution is -2.44. The number of nitrogens with zero attached hydrogens (tertiary/aromatic N) is 1. The number of halogens is 4. The number of amides is 3. The van der Waals surface area contributed by atoms with Crippen LogP contribution in [0.3, 0.4) is 0 Å². The Hall–Kier alpha value is -1.84. The molecule has 1 aromatic carbocycles. The zero-order chi connectivity index (χ0) is 19.2. The SMILES string of the molecule is Cl.NC[C@@H]1CN(CCC(=O)NC(=O)NCC(F)(F)F)C[C@H]1c1ccccc1. The molecular formula is C17H24ClF3N4O2. The Morgan fingerprint density at radius 3 is 2.44 bits per heavy atom. The van der Waals surface area contributed by atoms with Gasteiger partial charge in [0.1, 0.15) is 6.54 Å². The molecule has 152 valence electrons. The van der Waals surface area contributed by atoms with Gasteiger partial charge in [0.15, 0.2) is 0 Å². The van der Waals surface area contributed by atoms with E-state index in [1.807, 2.05) is 23.5 Å².